The van der Waals surface area contributed by atoms with Gasteiger partial charge in [-0.2, -0.15) is 0 Å². The van der Waals surface area contributed by atoms with Gasteiger partial charge in [0.1, 0.15) is 12.4 Å². The van der Waals surface area contributed by atoms with Crippen LogP contribution in [0.5, 0.6) is 5.75 Å². The Bertz CT molecular complexity index is 589. The maximum Gasteiger partial charge on any atom is 0.124 e. The Morgan fingerprint density at radius 3 is 2.76 bits per heavy atom. The monoisotopic (exact) mass is 299 g/mol. The number of nitrogens with two attached hydrogens (primary N) is 1. The highest BCUT2D eigenvalue weighted by Gasteiger charge is 2.22. The summed E-state index contributed by atoms with van der Waals surface area (Å²) in [4.78, 5) is 1.39. The molecule has 1 aliphatic rings. The molecule has 21 heavy (non-hydrogen) atoms. The fraction of sp³-hybridized carbons (Fsp3) is 0.333. The third kappa shape index (κ3) is 3.25. The first-order chi connectivity index (χ1) is 10.3. The molecule has 0 aromatic heterocycles. The molecule has 0 bridgehead atoms. The molecule has 2 nitrogen and oxygen atoms in total. The fourth-order valence-electron chi connectivity index (χ4n) is 2.67. The topological polar surface area (TPSA) is 35.2 Å². The Hall–Kier alpha value is -1.45. The second-order valence-corrected chi connectivity index (χ2v) is 6.76. The number of fused-ring (bicyclic) bond motifs is 1. The number of hydrogen-bond acceptors (Lipinski definition) is 3. The average Bonchev–Trinajstić information content (AvgIpc) is 2.95. The molecule has 1 aliphatic heterocycles. The molecule has 2 atom stereocenters. The standard InChI is InChI=1S/C18H21NOS/c1-2-16(19)15-8-4-5-9-17(15)20-12-14-11-13-7-3-6-10-18(13)21-14/h3-10,14,16H,2,11-12,19H2,1H3. The Morgan fingerprint density at radius 1 is 1.19 bits per heavy atom. The van der Waals surface area contributed by atoms with Crippen LogP contribution < -0.4 is 10.5 Å². The minimum Gasteiger partial charge on any atom is -0.492 e. The van der Waals surface area contributed by atoms with Crippen molar-refractivity contribution < 1.29 is 4.74 Å². The zero-order chi connectivity index (χ0) is 14.7. The van der Waals surface area contributed by atoms with Crippen LogP contribution in [0, 0.1) is 0 Å². The van der Waals surface area contributed by atoms with Crippen LogP contribution in [0.2, 0.25) is 0 Å². The molecule has 0 fully saturated rings. The molecule has 0 spiro atoms. The van der Waals surface area contributed by atoms with E-state index in [0.29, 0.717) is 5.25 Å². The molecule has 2 N–H and O–H groups in total. The summed E-state index contributed by atoms with van der Waals surface area (Å²) in [6.45, 7) is 2.83. The van der Waals surface area contributed by atoms with E-state index >= 15 is 0 Å². The first kappa shape index (κ1) is 14.5. The van der Waals surface area contributed by atoms with E-state index in [-0.39, 0.29) is 6.04 Å². The van der Waals surface area contributed by atoms with Gasteiger partial charge in [0.15, 0.2) is 0 Å². The van der Waals surface area contributed by atoms with Gasteiger partial charge >= 0.3 is 0 Å². The second-order valence-electron chi connectivity index (χ2n) is 5.42. The Kier molecular flexibility index (Phi) is 4.51. The summed E-state index contributed by atoms with van der Waals surface area (Å²) in [5.41, 5.74) is 8.71. The Labute approximate surface area is 130 Å². The van der Waals surface area contributed by atoms with Crippen LogP contribution >= 0.6 is 11.8 Å². The van der Waals surface area contributed by atoms with Gasteiger partial charge in [-0.15, -0.1) is 11.8 Å². The highest BCUT2D eigenvalue weighted by Crippen LogP contribution is 2.37. The molecule has 0 radical (unpaired) electrons. The number of benzene rings is 2. The molecule has 0 amide bonds. The molecular formula is C18H21NOS. The lowest BCUT2D eigenvalue weighted by Gasteiger charge is -2.17. The van der Waals surface area contributed by atoms with Gasteiger partial charge < -0.3 is 10.5 Å². The van der Waals surface area contributed by atoms with E-state index in [1.165, 1.54) is 10.5 Å². The molecule has 2 aromatic rings. The van der Waals surface area contributed by atoms with Crippen LogP contribution in [0.4, 0.5) is 0 Å². The minimum atomic E-state index is 0.0506. The van der Waals surface area contributed by atoms with Crippen LogP contribution in [0.15, 0.2) is 53.4 Å². The van der Waals surface area contributed by atoms with Crippen molar-refractivity contribution >= 4 is 11.8 Å². The summed E-state index contributed by atoms with van der Waals surface area (Å²) in [5, 5.41) is 0.494. The first-order valence-electron chi connectivity index (χ1n) is 7.49. The van der Waals surface area contributed by atoms with Crippen molar-refractivity contribution in [1.82, 2.24) is 0 Å². The van der Waals surface area contributed by atoms with Crippen LogP contribution in [0.3, 0.4) is 0 Å². The minimum absolute atomic E-state index is 0.0506. The van der Waals surface area contributed by atoms with E-state index in [4.69, 9.17) is 10.5 Å². The molecule has 3 heteroatoms. The maximum atomic E-state index is 6.16. The summed E-state index contributed by atoms with van der Waals surface area (Å²) in [6.07, 6.45) is 2.01. The molecule has 1 heterocycles. The van der Waals surface area contributed by atoms with Gasteiger partial charge in [-0.1, -0.05) is 43.3 Å². The predicted molar refractivity (Wildman–Crippen MR) is 88.9 cm³/mol. The third-order valence-electron chi connectivity index (χ3n) is 3.90. The molecule has 0 saturated carbocycles. The number of thioether (sulfide) groups is 1. The van der Waals surface area contributed by atoms with Gasteiger partial charge in [0.25, 0.3) is 0 Å². The SMILES string of the molecule is CCC(N)c1ccccc1OCC1Cc2ccccc2S1. The molecular weight excluding hydrogens is 278 g/mol. The summed E-state index contributed by atoms with van der Waals surface area (Å²) in [6, 6.07) is 16.8. The number of ether oxygens (including phenoxy) is 1. The number of hydrogen-bond donors (Lipinski definition) is 1. The maximum absolute atomic E-state index is 6.16. The smallest absolute Gasteiger partial charge is 0.124 e. The van der Waals surface area contributed by atoms with Gasteiger partial charge in [-0.05, 0) is 30.5 Å². The zero-order valence-electron chi connectivity index (χ0n) is 12.3. The number of para-hydroxylation sites is 1. The molecule has 2 unspecified atom stereocenters. The van der Waals surface area contributed by atoms with Crippen molar-refractivity contribution in [1.29, 1.82) is 0 Å². The van der Waals surface area contributed by atoms with Crippen molar-refractivity contribution in [3.05, 3.63) is 59.7 Å². The lowest BCUT2D eigenvalue weighted by Crippen LogP contribution is -2.16. The lowest BCUT2D eigenvalue weighted by molar-refractivity contribution is 0.312. The van der Waals surface area contributed by atoms with Crippen molar-refractivity contribution in [3.8, 4) is 5.75 Å². The molecule has 0 aliphatic carbocycles. The second kappa shape index (κ2) is 6.54. The fourth-order valence-corrected chi connectivity index (χ4v) is 3.89. The van der Waals surface area contributed by atoms with Crippen molar-refractivity contribution in [2.24, 2.45) is 5.73 Å². The van der Waals surface area contributed by atoms with Crippen molar-refractivity contribution in [2.75, 3.05) is 6.61 Å². The predicted octanol–water partition coefficient (Wildman–Crippen LogP) is 4.19. The molecule has 0 saturated heterocycles. The highest BCUT2D eigenvalue weighted by molar-refractivity contribution is 8.00. The third-order valence-corrected chi connectivity index (χ3v) is 5.19. The van der Waals surface area contributed by atoms with Crippen LogP contribution in [0.25, 0.3) is 0 Å². The van der Waals surface area contributed by atoms with E-state index in [1.54, 1.807) is 0 Å². The van der Waals surface area contributed by atoms with Crippen molar-refractivity contribution in [3.63, 3.8) is 0 Å². The van der Waals surface area contributed by atoms with Gasteiger partial charge in [-0.25, -0.2) is 0 Å². The molecule has 110 valence electrons. The van der Waals surface area contributed by atoms with Gasteiger partial charge in [0.2, 0.25) is 0 Å². The normalized spacial score (nSPS) is 18.3. The largest absolute Gasteiger partial charge is 0.492 e. The van der Waals surface area contributed by atoms with E-state index < -0.39 is 0 Å². The van der Waals surface area contributed by atoms with Crippen LogP contribution in [-0.4, -0.2) is 11.9 Å². The molecule has 2 aromatic carbocycles. The Morgan fingerprint density at radius 2 is 1.95 bits per heavy atom. The van der Waals surface area contributed by atoms with E-state index in [2.05, 4.69) is 37.3 Å². The summed E-state index contributed by atoms with van der Waals surface area (Å²) in [5.74, 6) is 0.934. The zero-order valence-corrected chi connectivity index (χ0v) is 13.1. The quantitative estimate of drug-likeness (QED) is 0.899. The first-order valence-corrected chi connectivity index (χ1v) is 8.37. The van der Waals surface area contributed by atoms with Crippen molar-refractivity contribution in [2.45, 2.75) is 36.0 Å². The Balaban J connectivity index is 1.65. The average molecular weight is 299 g/mol. The summed E-state index contributed by atoms with van der Waals surface area (Å²) < 4.78 is 6.07. The van der Waals surface area contributed by atoms with E-state index in [1.807, 2.05) is 30.0 Å². The summed E-state index contributed by atoms with van der Waals surface area (Å²) >= 11 is 1.92. The highest BCUT2D eigenvalue weighted by atomic mass is 32.2. The van der Waals surface area contributed by atoms with Gasteiger partial charge in [0.05, 0.1) is 0 Å². The summed E-state index contributed by atoms with van der Waals surface area (Å²) in [7, 11) is 0. The van der Waals surface area contributed by atoms with Crippen LogP contribution in [-0.2, 0) is 6.42 Å². The van der Waals surface area contributed by atoms with E-state index in [0.717, 1.165) is 30.8 Å². The van der Waals surface area contributed by atoms with Crippen LogP contribution in [0.1, 0.15) is 30.5 Å². The van der Waals surface area contributed by atoms with Gasteiger partial charge in [-0.3, -0.25) is 0 Å². The number of rotatable bonds is 5. The van der Waals surface area contributed by atoms with Gasteiger partial charge in [0, 0.05) is 21.8 Å². The molecule has 3 rings (SSSR count). The lowest BCUT2D eigenvalue weighted by atomic mass is 10.0. The van der Waals surface area contributed by atoms with E-state index in [9.17, 15) is 0 Å².